The van der Waals surface area contributed by atoms with E-state index >= 15 is 0 Å². The molecular weight excluding hydrogens is 340 g/mol. The first-order chi connectivity index (χ1) is 13.2. The number of nitrogens with zero attached hydrogens (tertiary/aromatic N) is 3. The number of aryl methyl sites for hydroxylation is 1. The van der Waals surface area contributed by atoms with Gasteiger partial charge in [0, 0.05) is 25.2 Å². The molecule has 0 radical (unpaired) electrons. The van der Waals surface area contributed by atoms with Gasteiger partial charge in [0.25, 0.3) is 5.91 Å². The Bertz CT molecular complexity index is 894. The number of rotatable bonds is 5. The van der Waals surface area contributed by atoms with Crippen molar-refractivity contribution < 1.29 is 9.32 Å². The molecule has 6 heteroatoms. The van der Waals surface area contributed by atoms with Gasteiger partial charge in [0.15, 0.2) is 0 Å². The molecule has 1 unspecified atom stereocenters. The lowest BCUT2D eigenvalue weighted by Crippen LogP contribution is -2.30. The summed E-state index contributed by atoms with van der Waals surface area (Å²) < 4.78 is 7.15. The molecule has 0 aliphatic heterocycles. The Morgan fingerprint density at radius 3 is 2.67 bits per heavy atom. The third kappa shape index (κ3) is 3.79. The Hall–Kier alpha value is -2.89. The minimum atomic E-state index is -0.311. The number of carbonyl (C=O) groups excluding carboxylic acids is 1. The van der Waals surface area contributed by atoms with Crippen LogP contribution in [-0.2, 0) is 7.05 Å². The van der Waals surface area contributed by atoms with Crippen LogP contribution in [-0.4, -0.2) is 20.8 Å². The Labute approximate surface area is 158 Å². The summed E-state index contributed by atoms with van der Waals surface area (Å²) in [4.78, 5) is 12.9. The first kappa shape index (κ1) is 17.5. The lowest BCUT2D eigenvalue weighted by Gasteiger charge is -2.19. The van der Waals surface area contributed by atoms with Gasteiger partial charge in [0.1, 0.15) is 0 Å². The molecule has 2 aromatic heterocycles. The van der Waals surface area contributed by atoms with Crippen LogP contribution in [0.4, 0.5) is 0 Å². The lowest BCUT2D eigenvalue weighted by molar-refractivity contribution is 0.0904. The highest BCUT2D eigenvalue weighted by molar-refractivity contribution is 5.92. The molecular formula is C21H24N4O2. The van der Waals surface area contributed by atoms with Gasteiger partial charge in [-0.2, -0.15) is 5.10 Å². The van der Waals surface area contributed by atoms with E-state index in [2.05, 4.69) is 15.6 Å². The number of benzene rings is 1. The van der Waals surface area contributed by atoms with Crippen molar-refractivity contribution in [3.63, 3.8) is 0 Å². The summed E-state index contributed by atoms with van der Waals surface area (Å²) in [6.45, 7) is 0. The van der Waals surface area contributed by atoms with Gasteiger partial charge in [0.2, 0.25) is 5.76 Å². The summed E-state index contributed by atoms with van der Waals surface area (Å²) >= 11 is 0. The molecule has 1 aliphatic carbocycles. The fraction of sp³-hybridized carbons (Fsp3) is 0.381. The average Bonchev–Trinajstić information content (AvgIpc) is 3.37. The van der Waals surface area contributed by atoms with Crippen LogP contribution in [0.2, 0.25) is 0 Å². The number of nitrogens with one attached hydrogen (secondary N) is 1. The number of hydrogen-bond donors (Lipinski definition) is 1. The summed E-state index contributed by atoms with van der Waals surface area (Å²) in [5.41, 5.74) is 2.79. The highest BCUT2D eigenvalue weighted by Crippen LogP contribution is 2.32. The average molecular weight is 364 g/mol. The van der Waals surface area contributed by atoms with E-state index in [1.807, 2.05) is 43.4 Å². The molecule has 1 fully saturated rings. The lowest BCUT2D eigenvalue weighted by atomic mass is 9.87. The molecule has 1 N–H and O–H groups in total. The minimum absolute atomic E-state index is 0.263. The zero-order valence-corrected chi connectivity index (χ0v) is 15.5. The topological polar surface area (TPSA) is 73.0 Å². The van der Waals surface area contributed by atoms with E-state index in [-0.39, 0.29) is 17.7 Å². The fourth-order valence-electron chi connectivity index (χ4n) is 3.83. The van der Waals surface area contributed by atoms with Crippen LogP contribution >= 0.6 is 0 Å². The van der Waals surface area contributed by atoms with Crippen molar-refractivity contribution in [2.24, 2.45) is 7.05 Å². The molecule has 3 aromatic rings. The van der Waals surface area contributed by atoms with Gasteiger partial charge in [-0.15, -0.1) is 0 Å². The minimum Gasteiger partial charge on any atom is -0.351 e. The van der Waals surface area contributed by atoms with Crippen molar-refractivity contribution >= 4 is 5.91 Å². The summed E-state index contributed by atoms with van der Waals surface area (Å²) in [6, 6.07) is 13.3. The molecule has 1 amide bonds. The summed E-state index contributed by atoms with van der Waals surface area (Å²) in [5.74, 6) is 0.407. The van der Waals surface area contributed by atoms with Crippen LogP contribution < -0.4 is 5.32 Å². The Kier molecular flexibility index (Phi) is 5.05. The first-order valence-electron chi connectivity index (χ1n) is 9.52. The molecule has 0 saturated heterocycles. The maximum atomic E-state index is 12.9. The maximum absolute atomic E-state index is 12.9. The smallest absolute Gasteiger partial charge is 0.290 e. The van der Waals surface area contributed by atoms with Gasteiger partial charge >= 0.3 is 0 Å². The third-order valence-corrected chi connectivity index (χ3v) is 5.34. The van der Waals surface area contributed by atoms with Crippen LogP contribution in [0.25, 0.3) is 0 Å². The van der Waals surface area contributed by atoms with E-state index in [9.17, 15) is 4.79 Å². The first-order valence-corrected chi connectivity index (χ1v) is 9.52. The molecule has 27 heavy (non-hydrogen) atoms. The molecule has 1 aromatic carbocycles. The van der Waals surface area contributed by atoms with Gasteiger partial charge < -0.3 is 9.84 Å². The van der Waals surface area contributed by atoms with Gasteiger partial charge in [-0.3, -0.25) is 9.48 Å². The number of amides is 1. The molecule has 6 nitrogen and oxygen atoms in total. The van der Waals surface area contributed by atoms with Crippen LogP contribution in [0, 0.1) is 0 Å². The van der Waals surface area contributed by atoms with Crippen molar-refractivity contribution in [1.82, 2.24) is 20.3 Å². The quantitative estimate of drug-likeness (QED) is 0.743. The Balaban J connectivity index is 1.55. The van der Waals surface area contributed by atoms with Crippen molar-refractivity contribution in [3.8, 4) is 0 Å². The molecule has 0 spiro atoms. The van der Waals surface area contributed by atoms with Crippen molar-refractivity contribution in [2.75, 3.05) is 0 Å². The molecule has 1 atom stereocenters. The van der Waals surface area contributed by atoms with Crippen LogP contribution in [0.5, 0.6) is 0 Å². The summed E-state index contributed by atoms with van der Waals surface area (Å²) in [5, 5.41) is 11.5. The molecule has 140 valence electrons. The third-order valence-electron chi connectivity index (χ3n) is 5.34. The number of hydrogen-bond acceptors (Lipinski definition) is 4. The highest BCUT2D eigenvalue weighted by Gasteiger charge is 2.25. The van der Waals surface area contributed by atoms with E-state index in [0.717, 1.165) is 29.8 Å². The second kappa shape index (κ2) is 7.78. The van der Waals surface area contributed by atoms with Crippen molar-refractivity contribution in [2.45, 2.75) is 44.1 Å². The van der Waals surface area contributed by atoms with Crippen molar-refractivity contribution in [3.05, 3.63) is 71.4 Å². The SMILES string of the molecule is Cn1nccc1C(NC(=O)c1cc(C2CCCCC2)no1)c1ccccc1. The molecule has 4 rings (SSSR count). The van der Waals surface area contributed by atoms with Gasteiger partial charge in [-0.05, 0) is 24.5 Å². The Morgan fingerprint density at radius 2 is 1.96 bits per heavy atom. The predicted octanol–water partition coefficient (Wildman–Crippen LogP) is 3.98. The monoisotopic (exact) mass is 364 g/mol. The largest absolute Gasteiger partial charge is 0.351 e. The number of aromatic nitrogens is 3. The van der Waals surface area contributed by atoms with Crippen LogP contribution in [0.1, 0.15) is 71.6 Å². The Morgan fingerprint density at radius 1 is 1.19 bits per heavy atom. The van der Waals surface area contributed by atoms with Gasteiger partial charge in [-0.25, -0.2) is 0 Å². The van der Waals surface area contributed by atoms with E-state index in [1.165, 1.54) is 19.3 Å². The normalized spacial score (nSPS) is 16.2. The summed E-state index contributed by atoms with van der Waals surface area (Å²) in [7, 11) is 1.87. The van der Waals surface area contributed by atoms with Crippen molar-refractivity contribution in [1.29, 1.82) is 0 Å². The fourth-order valence-corrected chi connectivity index (χ4v) is 3.83. The maximum Gasteiger partial charge on any atom is 0.290 e. The zero-order chi connectivity index (χ0) is 18.6. The van der Waals surface area contributed by atoms with Crippen LogP contribution in [0.3, 0.4) is 0 Å². The molecule has 1 saturated carbocycles. The van der Waals surface area contributed by atoms with E-state index < -0.39 is 0 Å². The van der Waals surface area contributed by atoms with E-state index in [0.29, 0.717) is 5.92 Å². The van der Waals surface area contributed by atoms with E-state index in [1.54, 1.807) is 16.9 Å². The standard InChI is InChI=1S/C21H24N4O2/c1-25-18(12-13-22-25)20(16-10-6-3-7-11-16)23-21(26)19-14-17(24-27-19)15-8-4-2-5-9-15/h3,6-7,10-15,20H,2,4-5,8-9H2,1H3,(H,23,26). The highest BCUT2D eigenvalue weighted by atomic mass is 16.5. The second-order valence-corrected chi connectivity index (χ2v) is 7.15. The predicted molar refractivity (Wildman–Crippen MR) is 101 cm³/mol. The van der Waals surface area contributed by atoms with Crippen LogP contribution in [0.15, 0.2) is 53.2 Å². The van der Waals surface area contributed by atoms with Gasteiger partial charge in [-0.1, -0.05) is 54.8 Å². The molecule has 1 aliphatic rings. The summed E-state index contributed by atoms with van der Waals surface area (Å²) in [6.07, 6.45) is 7.69. The second-order valence-electron chi connectivity index (χ2n) is 7.15. The number of carbonyl (C=O) groups is 1. The van der Waals surface area contributed by atoms with Gasteiger partial charge in [0.05, 0.1) is 17.4 Å². The van der Waals surface area contributed by atoms with E-state index in [4.69, 9.17) is 4.52 Å². The molecule has 0 bridgehead atoms. The molecule has 2 heterocycles. The zero-order valence-electron chi connectivity index (χ0n) is 15.5.